The van der Waals surface area contributed by atoms with Crippen LogP contribution in [0.15, 0.2) is 17.2 Å². The van der Waals surface area contributed by atoms with Crippen LogP contribution in [0.3, 0.4) is 0 Å². The summed E-state index contributed by atoms with van der Waals surface area (Å²) in [6.45, 7) is 7.13. The van der Waals surface area contributed by atoms with Gasteiger partial charge >= 0.3 is 5.69 Å². The molecule has 0 radical (unpaired) electrons. The Morgan fingerprint density at radius 2 is 2.06 bits per heavy atom. The lowest BCUT2D eigenvalue weighted by Gasteiger charge is -2.22. The monoisotopic (exact) mass is 223 g/mol. The molecule has 1 aliphatic heterocycles. The van der Waals surface area contributed by atoms with Crippen molar-refractivity contribution in [1.82, 2.24) is 14.5 Å². The van der Waals surface area contributed by atoms with Gasteiger partial charge < -0.3 is 5.32 Å². The third-order valence-corrected chi connectivity index (χ3v) is 3.34. The molecule has 2 heterocycles. The maximum Gasteiger partial charge on any atom is 0.328 e. The number of hydrogen-bond acceptors (Lipinski definition) is 2. The molecule has 0 unspecified atom stereocenters. The summed E-state index contributed by atoms with van der Waals surface area (Å²) in [5.74, 6) is 0.655. The van der Waals surface area contributed by atoms with Crippen molar-refractivity contribution in [3.8, 4) is 0 Å². The van der Waals surface area contributed by atoms with E-state index in [4.69, 9.17) is 0 Å². The molecule has 0 bridgehead atoms. The van der Waals surface area contributed by atoms with E-state index in [0.29, 0.717) is 5.92 Å². The molecule has 1 aromatic rings. The summed E-state index contributed by atoms with van der Waals surface area (Å²) in [5.41, 5.74) is 0.133. The zero-order valence-electron chi connectivity index (χ0n) is 10.1. The predicted octanol–water partition coefficient (Wildman–Crippen LogP) is 1.23. The van der Waals surface area contributed by atoms with Gasteiger partial charge in [0.25, 0.3) is 0 Å². The van der Waals surface area contributed by atoms with Crippen LogP contribution in [0.4, 0.5) is 0 Å². The van der Waals surface area contributed by atoms with Crippen LogP contribution in [-0.2, 0) is 6.54 Å². The van der Waals surface area contributed by atoms with Crippen molar-refractivity contribution in [3.63, 3.8) is 0 Å². The normalized spacial score (nSPS) is 18.2. The molecule has 0 aromatic carbocycles. The van der Waals surface area contributed by atoms with Gasteiger partial charge in [-0.1, -0.05) is 0 Å². The maximum absolute atomic E-state index is 12.0. The highest BCUT2D eigenvalue weighted by atomic mass is 16.1. The van der Waals surface area contributed by atoms with Gasteiger partial charge in [-0.05, 0) is 45.7 Å². The Morgan fingerprint density at radius 1 is 1.38 bits per heavy atom. The molecule has 0 saturated carbocycles. The summed E-state index contributed by atoms with van der Waals surface area (Å²) in [4.78, 5) is 12.0. The Labute approximate surface area is 96.3 Å². The molecule has 1 N–H and O–H groups in total. The fourth-order valence-corrected chi connectivity index (χ4v) is 2.30. The van der Waals surface area contributed by atoms with Crippen molar-refractivity contribution in [2.45, 2.75) is 39.3 Å². The van der Waals surface area contributed by atoms with Crippen LogP contribution in [0, 0.1) is 5.92 Å². The number of piperidine rings is 1. The molecular formula is C12H21N3O. The van der Waals surface area contributed by atoms with Crippen LogP contribution in [0.5, 0.6) is 0 Å². The molecule has 1 aromatic heterocycles. The van der Waals surface area contributed by atoms with Crippen LogP contribution in [-0.4, -0.2) is 22.2 Å². The zero-order chi connectivity index (χ0) is 11.5. The van der Waals surface area contributed by atoms with E-state index in [1.165, 1.54) is 12.8 Å². The lowest BCUT2D eigenvalue weighted by molar-refractivity contribution is 0.328. The maximum atomic E-state index is 12.0. The highest BCUT2D eigenvalue weighted by Crippen LogP contribution is 2.13. The van der Waals surface area contributed by atoms with E-state index < -0.39 is 0 Å². The second-order valence-electron chi connectivity index (χ2n) is 4.93. The van der Waals surface area contributed by atoms with Crippen LogP contribution in [0.1, 0.15) is 32.7 Å². The van der Waals surface area contributed by atoms with Gasteiger partial charge in [0.2, 0.25) is 0 Å². The topological polar surface area (TPSA) is 39.0 Å². The van der Waals surface area contributed by atoms with Crippen molar-refractivity contribution in [2.75, 3.05) is 13.1 Å². The summed E-state index contributed by atoms with van der Waals surface area (Å²) < 4.78 is 3.65. The van der Waals surface area contributed by atoms with E-state index in [9.17, 15) is 4.79 Å². The third-order valence-electron chi connectivity index (χ3n) is 3.34. The van der Waals surface area contributed by atoms with Crippen molar-refractivity contribution in [2.24, 2.45) is 5.92 Å². The molecule has 0 spiro atoms. The minimum Gasteiger partial charge on any atom is -0.317 e. The lowest BCUT2D eigenvalue weighted by Crippen LogP contribution is -2.33. The van der Waals surface area contributed by atoms with Crippen molar-refractivity contribution >= 4 is 0 Å². The molecule has 16 heavy (non-hydrogen) atoms. The molecule has 1 saturated heterocycles. The predicted molar refractivity (Wildman–Crippen MR) is 64.7 cm³/mol. The standard InChI is InChI=1S/C12H21N3O/c1-10(2)15-8-7-14(12(15)16)9-11-3-5-13-6-4-11/h7-8,10-11,13H,3-6,9H2,1-2H3. The van der Waals surface area contributed by atoms with Gasteiger partial charge in [0.1, 0.15) is 0 Å². The highest BCUT2D eigenvalue weighted by molar-refractivity contribution is 4.85. The Morgan fingerprint density at radius 3 is 2.62 bits per heavy atom. The number of rotatable bonds is 3. The largest absolute Gasteiger partial charge is 0.328 e. The van der Waals surface area contributed by atoms with E-state index in [1.54, 1.807) is 4.57 Å². The van der Waals surface area contributed by atoms with Gasteiger partial charge in [-0.3, -0.25) is 9.13 Å². The van der Waals surface area contributed by atoms with Crippen LogP contribution >= 0.6 is 0 Å². The average molecular weight is 223 g/mol. The van der Waals surface area contributed by atoms with E-state index in [-0.39, 0.29) is 11.7 Å². The second kappa shape index (κ2) is 4.87. The number of nitrogens with zero attached hydrogens (tertiary/aromatic N) is 2. The first kappa shape index (κ1) is 11.5. The van der Waals surface area contributed by atoms with Gasteiger partial charge in [0.05, 0.1) is 0 Å². The minimum absolute atomic E-state index is 0.133. The molecule has 2 rings (SSSR count). The summed E-state index contributed by atoms with van der Waals surface area (Å²) in [7, 11) is 0. The first-order chi connectivity index (χ1) is 7.68. The molecule has 0 amide bonds. The molecule has 4 heteroatoms. The number of imidazole rings is 1. The number of nitrogens with one attached hydrogen (secondary N) is 1. The Hall–Kier alpha value is -1.03. The Bertz CT molecular complexity index is 385. The Balaban J connectivity index is 2.06. The summed E-state index contributed by atoms with van der Waals surface area (Å²) in [6, 6.07) is 0.252. The fourth-order valence-electron chi connectivity index (χ4n) is 2.30. The van der Waals surface area contributed by atoms with E-state index in [2.05, 4.69) is 5.32 Å². The third kappa shape index (κ3) is 2.38. The van der Waals surface area contributed by atoms with Crippen LogP contribution in [0.25, 0.3) is 0 Å². The SMILES string of the molecule is CC(C)n1ccn(CC2CCNCC2)c1=O. The molecule has 1 aliphatic rings. The first-order valence-electron chi connectivity index (χ1n) is 6.16. The number of hydrogen-bond donors (Lipinski definition) is 1. The van der Waals surface area contributed by atoms with Crippen molar-refractivity contribution in [1.29, 1.82) is 0 Å². The summed E-state index contributed by atoms with van der Waals surface area (Å²) >= 11 is 0. The second-order valence-corrected chi connectivity index (χ2v) is 4.93. The molecule has 0 aliphatic carbocycles. The van der Waals surface area contributed by atoms with Gasteiger partial charge in [-0.2, -0.15) is 0 Å². The molecule has 90 valence electrons. The Kier molecular flexibility index (Phi) is 3.49. The van der Waals surface area contributed by atoms with Crippen LogP contribution < -0.4 is 11.0 Å². The molecule has 4 nitrogen and oxygen atoms in total. The summed E-state index contributed by atoms with van der Waals surface area (Å²) in [5, 5.41) is 3.35. The highest BCUT2D eigenvalue weighted by Gasteiger charge is 2.15. The van der Waals surface area contributed by atoms with Gasteiger partial charge in [0.15, 0.2) is 0 Å². The van der Waals surface area contributed by atoms with E-state index in [0.717, 1.165) is 19.6 Å². The van der Waals surface area contributed by atoms with E-state index >= 15 is 0 Å². The number of aromatic nitrogens is 2. The van der Waals surface area contributed by atoms with Crippen LogP contribution in [0.2, 0.25) is 0 Å². The summed E-state index contributed by atoms with van der Waals surface area (Å²) in [6.07, 6.45) is 6.18. The lowest BCUT2D eigenvalue weighted by atomic mass is 9.98. The first-order valence-corrected chi connectivity index (χ1v) is 6.16. The van der Waals surface area contributed by atoms with Crippen molar-refractivity contribution < 1.29 is 0 Å². The van der Waals surface area contributed by atoms with Crippen molar-refractivity contribution in [3.05, 3.63) is 22.9 Å². The zero-order valence-corrected chi connectivity index (χ0v) is 10.1. The minimum atomic E-state index is 0.133. The smallest absolute Gasteiger partial charge is 0.317 e. The fraction of sp³-hybridized carbons (Fsp3) is 0.750. The molecule has 1 fully saturated rings. The van der Waals surface area contributed by atoms with Gasteiger partial charge in [-0.15, -0.1) is 0 Å². The average Bonchev–Trinajstić information content (AvgIpc) is 2.62. The quantitative estimate of drug-likeness (QED) is 0.837. The van der Waals surface area contributed by atoms with Gasteiger partial charge in [-0.25, -0.2) is 4.79 Å². The van der Waals surface area contributed by atoms with E-state index in [1.807, 2.05) is 30.8 Å². The molecule has 0 atom stereocenters. The van der Waals surface area contributed by atoms with Gasteiger partial charge in [0, 0.05) is 25.0 Å². The molecular weight excluding hydrogens is 202 g/mol.